The van der Waals surface area contributed by atoms with E-state index in [2.05, 4.69) is 4.99 Å². The zero-order valence-corrected chi connectivity index (χ0v) is 5.94. The molecule has 1 heterocycles. The molecule has 1 aliphatic heterocycles. The quantitative estimate of drug-likeness (QED) is 0.514. The molecule has 2 nitrogen and oxygen atoms in total. The minimum atomic E-state index is 0.600. The van der Waals surface area contributed by atoms with Crippen LogP contribution in [0.15, 0.2) is 16.8 Å². The number of aliphatic imine (C=N–C) groups is 1. The summed E-state index contributed by atoms with van der Waals surface area (Å²) in [6, 6.07) is 0. The fourth-order valence-corrected chi connectivity index (χ4v) is 1.34. The molecule has 0 aromatic rings. The summed E-state index contributed by atoms with van der Waals surface area (Å²) in [6.45, 7) is 1.92. The number of hydrogen-bond donors (Lipinski definition) is 0. The number of aldehydes is 1. The highest BCUT2D eigenvalue weighted by Crippen LogP contribution is 2.18. The van der Waals surface area contributed by atoms with Gasteiger partial charge in [-0.25, -0.2) is 4.99 Å². The van der Waals surface area contributed by atoms with Gasteiger partial charge in [-0.2, -0.15) is 0 Å². The summed E-state index contributed by atoms with van der Waals surface area (Å²) in [5, 5.41) is 0.600. The smallest absolute Gasteiger partial charge is 0.174 e. The van der Waals surface area contributed by atoms with Gasteiger partial charge in [-0.1, -0.05) is 17.8 Å². The molecular weight excluding hydrogens is 134 g/mol. The van der Waals surface area contributed by atoms with Crippen LogP contribution in [0.25, 0.3) is 0 Å². The van der Waals surface area contributed by atoms with Gasteiger partial charge in [-0.05, 0) is 6.92 Å². The first kappa shape index (κ1) is 6.55. The normalized spacial score (nSPS) is 22.3. The van der Waals surface area contributed by atoms with Crippen LogP contribution in [0.3, 0.4) is 0 Å². The number of allylic oxidation sites excluding steroid dienone is 1. The lowest BCUT2D eigenvalue weighted by Crippen LogP contribution is -1.84. The van der Waals surface area contributed by atoms with Crippen LogP contribution in [0.2, 0.25) is 0 Å². The van der Waals surface area contributed by atoms with E-state index in [1.54, 1.807) is 0 Å². The molecule has 0 atom stereocenters. The van der Waals surface area contributed by atoms with Crippen molar-refractivity contribution in [2.75, 3.05) is 5.75 Å². The van der Waals surface area contributed by atoms with Crippen molar-refractivity contribution in [2.24, 2.45) is 4.99 Å². The standard InChI is InChI=1S/C6H7NOS/c1-2-5-4-9-6(3-8)7-5/h2-3H,4H2,1H3/b5-2+. The highest BCUT2D eigenvalue weighted by Gasteiger charge is 2.08. The average Bonchev–Trinajstić information content (AvgIpc) is 2.34. The summed E-state index contributed by atoms with van der Waals surface area (Å²) in [5.74, 6) is 0.852. The molecule has 1 rings (SSSR count). The molecule has 1 aliphatic rings. The second kappa shape index (κ2) is 2.82. The summed E-state index contributed by atoms with van der Waals surface area (Å²) in [7, 11) is 0. The number of hydrogen-bond acceptors (Lipinski definition) is 3. The van der Waals surface area contributed by atoms with Crippen LogP contribution < -0.4 is 0 Å². The Morgan fingerprint density at radius 1 is 1.78 bits per heavy atom. The van der Waals surface area contributed by atoms with Crippen LogP contribution in [-0.2, 0) is 4.79 Å². The van der Waals surface area contributed by atoms with E-state index in [0.29, 0.717) is 5.04 Å². The SMILES string of the molecule is C/C=C1\CSC(C=O)=N1. The van der Waals surface area contributed by atoms with Gasteiger partial charge in [0.2, 0.25) is 0 Å². The van der Waals surface area contributed by atoms with Crippen molar-refractivity contribution in [3.05, 3.63) is 11.8 Å². The van der Waals surface area contributed by atoms with Crippen molar-refractivity contribution in [1.29, 1.82) is 0 Å². The summed E-state index contributed by atoms with van der Waals surface area (Å²) in [5.41, 5.74) is 1.00. The van der Waals surface area contributed by atoms with E-state index in [-0.39, 0.29) is 0 Å². The largest absolute Gasteiger partial charge is 0.296 e. The number of rotatable bonds is 1. The summed E-state index contributed by atoms with van der Waals surface area (Å²) < 4.78 is 0. The number of carbonyl (C=O) groups excluding carboxylic acids is 1. The molecule has 0 saturated carbocycles. The lowest BCUT2D eigenvalue weighted by atomic mass is 10.5. The highest BCUT2D eigenvalue weighted by molar-refractivity contribution is 8.16. The maximum Gasteiger partial charge on any atom is 0.174 e. The van der Waals surface area contributed by atoms with Crippen LogP contribution in [0, 0.1) is 0 Å². The monoisotopic (exact) mass is 141 g/mol. The lowest BCUT2D eigenvalue weighted by Gasteiger charge is -1.81. The summed E-state index contributed by atoms with van der Waals surface area (Å²) >= 11 is 1.49. The van der Waals surface area contributed by atoms with Gasteiger partial charge in [-0.3, -0.25) is 4.79 Å². The second-order valence-corrected chi connectivity index (χ2v) is 2.63. The van der Waals surface area contributed by atoms with Gasteiger partial charge in [0, 0.05) is 11.4 Å². The molecule has 0 fully saturated rings. The zero-order chi connectivity index (χ0) is 6.69. The van der Waals surface area contributed by atoms with Crippen LogP contribution in [0.1, 0.15) is 6.92 Å². The van der Waals surface area contributed by atoms with E-state index in [9.17, 15) is 4.79 Å². The molecule has 0 amide bonds. The van der Waals surface area contributed by atoms with E-state index >= 15 is 0 Å². The van der Waals surface area contributed by atoms with Crippen molar-refractivity contribution in [2.45, 2.75) is 6.92 Å². The van der Waals surface area contributed by atoms with E-state index in [1.807, 2.05) is 13.0 Å². The fraction of sp³-hybridized carbons (Fsp3) is 0.333. The summed E-state index contributed by atoms with van der Waals surface area (Å²) in [6.07, 6.45) is 2.71. The molecule has 0 bridgehead atoms. The average molecular weight is 141 g/mol. The first-order valence-electron chi connectivity index (χ1n) is 2.68. The van der Waals surface area contributed by atoms with Gasteiger partial charge in [0.25, 0.3) is 0 Å². The van der Waals surface area contributed by atoms with Crippen LogP contribution in [-0.4, -0.2) is 17.1 Å². The van der Waals surface area contributed by atoms with E-state index in [0.717, 1.165) is 17.7 Å². The molecule has 0 aliphatic carbocycles. The maximum atomic E-state index is 10.1. The van der Waals surface area contributed by atoms with E-state index in [1.165, 1.54) is 11.8 Å². The van der Waals surface area contributed by atoms with E-state index < -0.39 is 0 Å². The van der Waals surface area contributed by atoms with Gasteiger partial charge in [0.05, 0.1) is 0 Å². The third kappa shape index (κ3) is 1.42. The Balaban J connectivity index is 2.71. The molecule has 0 N–H and O–H groups in total. The topological polar surface area (TPSA) is 29.4 Å². The van der Waals surface area contributed by atoms with Crippen molar-refractivity contribution < 1.29 is 4.79 Å². The number of carbonyl (C=O) groups is 1. The minimum absolute atomic E-state index is 0.600. The number of thioether (sulfide) groups is 1. The van der Waals surface area contributed by atoms with Gasteiger partial charge >= 0.3 is 0 Å². The van der Waals surface area contributed by atoms with Crippen LogP contribution in [0.5, 0.6) is 0 Å². The molecular formula is C6H7NOS. The predicted octanol–water partition coefficient (Wildman–Crippen LogP) is 1.23. The Morgan fingerprint density at radius 2 is 2.56 bits per heavy atom. The van der Waals surface area contributed by atoms with Gasteiger partial charge in [-0.15, -0.1) is 0 Å². The van der Waals surface area contributed by atoms with Gasteiger partial charge < -0.3 is 0 Å². The van der Waals surface area contributed by atoms with Crippen LogP contribution in [0.4, 0.5) is 0 Å². The van der Waals surface area contributed by atoms with Crippen LogP contribution >= 0.6 is 11.8 Å². The second-order valence-electron chi connectivity index (χ2n) is 1.64. The zero-order valence-electron chi connectivity index (χ0n) is 5.13. The third-order valence-electron chi connectivity index (χ3n) is 1.06. The van der Waals surface area contributed by atoms with Gasteiger partial charge in [0.1, 0.15) is 5.04 Å². The summed E-state index contributed by atoms with van der Waals surface area (Å²) in [4.78, 5) is 14.1. The van der Waals surface area contributed by atoms with Gasteiger partial charge in [0.15, 0.2) is 6.29 Å². The molecule has 48 valence electrons. The first-order chi connectivity index (χ1) is 4.36. The Morgan fingerprint density at radius 3 is 2.89 bits per heavy atom. The van der Waals surface area contributed by atoms with Crippen molar-refractivity contribution in [3.63, 3.8) is 0 Å². The van der Waals surface area contributed by atoms with Crippen molar-refractivity contribution in [1.82, 2.24) is 0 Å². The minimum Gasteiger partial charge on any atom is -0.296 e. The van der Waals surface area contributed by atoms with E-state index in [4.69, 9.17) is 0 Å². The fourth-order valence-electron chi connectivity index (χ4n) is 0.562. The molecule has 0 unspecified atom stereocenters. The highest BCUT2D eigenvalue weighted by atomic mass is 32.2. The molecule has 3 heteroatoms. The molecule has 0 aromatic heterocycles. The molecule has 9 heavy (non-hydrogen) atoms. The predicted molar refractivity (Wildman–Crippen MR) is 39.7 cm³/mol. The number of nitrogens with zero attached hydrogens (tertiary/aromatic N) is 1. The Labute approximate surface area is 58.0 Å². The third-order valence-corrected chi connectivity index (χ3v) is 1.98. The molecule has 0 saturated heterocycles. The first-order valence-corrected chi connectivity index (χ1v) is 3.67. The molecule has 0 spiro atoms. The van der Waals surface area contributed by atoms with Crippen molar-refractivity contribution in [3.8, 4) is 0 Å². The Hall–Kier alpha value is -0.570. The molecule has 0 aromatic carbocycles. The Kier molecular flexibility index (Phi) is 2.05. The Bertz CT molecular complexity index is 183. The van der Waals surface area contributed by atoms with Crippen molar-refractivity contribution >= 4 is 23.1 Å². The maximum absolute atomic E-state index is 10.1. The molecule has 0 radical (unpaired) electrons. The lowest BCUT2D eigenvalue weighted by molar-refractivity contribution is -0.102.